The van der Waals surface area contributed by atoms with Crippen LogP contribution in [0.15, 0.2) is 0 Å². The van der Waals surface area contributed by atoms with Crippen LogP contribution in [-0.2, 0) is 25.8 Å². The molecule has 0 radical (unpaired) electrons. The Hall–Kier alpha value is 0.830. The van der Waals surface area contributed by atoms with Gasteiger partial charge in [0.05, 0.1) is 0 Å². The monoisotopic (exact) mass is 282 g/mol. The molecule has 0 unspecified atom stereocenters. The van der Waals surface area contributed by atoms with E-state index in [4.69, 9.17) is 5.11 Å². The van der Waals surface area contributed by atoms with Crippen molar-refractivity contribution in [3.05, 3.63) is 0 Å². The molecule has 0 aromatic rings. The van der Waals surface area contributed by atoms with E-state index >= 15 is 0 Å². The Morgan fingerprint density at radius 1 is 1.12 bits per heavy atom. The van der Waals surface area contributed by atoms with Crippen LogP contribution in [0.3, 0.4) is 0 Å². The van der Waals surface area contributed by atoms with E-state index in [1.807, 2.05) is 0 Å². The minimum absolute atomic E-state index is 0. The summed E-state index contributed by atoms with van der Waals surface area (Å²) >= 11 is 0. The Balaban J connectivity index is 0. The molecular formula is C6H14HfO. The van der Waals surface area contributed by atoms with Crippen LogP contribution >= 0.6 is 0 Å². The summed E-state index contributed by atoms with van der Waals surface area (Å²) in [6.45, 7) is 2.53. The van der Waals surface area contributed by atoms with Gasteiger partial charge < -0.3 is 5.11 Å². The van der Waals surface area contributed by atoms with E-state index in [1.165, 1.54) is 19.3 Å². The number of rotatable bonds is 4. The second-order valence-electron chi connectivity index (χ2n) is 1.78. The maximum atomic E-state index is 8.29. The first kappa shape index (κ1) is 11.6. The zero-order valence-electron chi connectivity index (χ0n) is 5.48. The molecule has 0 aromatic heterocycles. The van der Waals surface area contributed by atoms with Crippen LogP contribution in [0.4, 0.5) is 0 Å². The molecule has 0 heterocycles. The Morgan fingerprint density at radius 2 is 1.75 bits per heavy atom. The first-order valence-electron chi connectivity index (χ1n) is 3.02. The quantitative estimate of drug-likeness (QED) is 0.612. The van der Waals surface area contributed by atoms with Crippen molar-refractivity contribution in [2.75, 3.05) is 6.61 Å². The molecule has 0 aliphatic rings. The fourth-order valence-electron chi connectivity index (χ4n) is 0.539. The van der Waals surface area contributed by atoms with E-state index in [-0.39, 0.29) is 25.8 Å². The molecule has 0 fully saturated rings. The Bertz CT molecular complexity index is 27.7. The van der Waals surface area contributed by atoms with Crippen molar-refractivity contribution in [1.82, 2.24) is 0 Å². The van der Waals surface area contributed by atoms with E-state index in [9.17, 15) is 0 Å². The van der Waals surface area contributed by atoms with Crippen molar-refractivity contribution >= 4 is 0 Å². The van der Waals surface area contributed by atoms with Gasteiger partial charge in [0.1, 0.15) is 0 Å². The molecule has 0 bridgehead atoms. The van der Waals surface area contributed by atoms with Gasteiger partial charge in [-0.3, -0.25) is 0 Å². The maximum Gasteiger partial charge on any atom is 0.0431 e. The summed E-state index contributed by atoms with van der Waals surface area (Å²) < 4.78 is 0. The largest absolute Gasteiger partial charge is 0.396 e. The van der Waals surface area contributed by atoms with Crippen LogP contribution < -0.4 is 0 Å². The van der Waals surface area contributed by atoms with Crippen LogP contribution in [0.5, 0.6) is 0 Å². The van der Waals surface area contributed by atoms with Crippen LogP contribution in [0.1, 0.15) is 32.6 Å². The van der Waals surface area contributed by atoms with Gasteiger partial charge in [-0.2, -0.15) is 0 Å². The maximum absolute atomic E-state index is 8.29. The van der Waals surface area contributed by atoms with Crippen molar-refractivity contribution in [2.45, 2.75) is 32.6 Å². The van der Waals surface area contributed by atoms with Crippen LogP contribution in [0.25, 0.3) is 0 Å². The van der Waals surface area contributed by atoms with Crippen LogP contribution in [0, 0.1) is 0 Å². The third-order valence-corrected chi connectivity index (χ3v) is 1.01. The number of unbranched alkanes of at least 4 members (excludes halogenated alkanes) is 3. The SMILES string of the molecule is CCCCCCO.[Hf]. The third kappa shape index (κ3) is 9.95. The number of hydrogen-bond acceptors (Lipinski definition) is 1. The fourth-order valence-corrected chi connectivity index (χ4v) is 0.539. The third-order valence-electron chi connectivity index (χ3n) is 1.01. The summed E-state index contributed by atoms with van der Waals surface area (Å²) in [7, 11) is 0. The van der Waals surface area contributed by atoms with Crippen LogP contribution in [-0.4, -0.2) is 11.7 Å². The minimum atomic E-state index is 0. The van der Waals surface area contributed by atoms with E-state index in [1.54, 1.807) is 0 Å². The molecule has 2 heteroatoms. The average molecular weight is 281 g/mol. The molecule has 1 nitrogen and oxygen atoms in total. The van der Waals surface area contributed by atoms with Gasteiger partial charge in [0.15, 0.2) is 0 Å². The van der Waals surface area contributed by atoms with Crippen molar-refractivity contribution in [3.63, 3.8) is 0 Å². The summed E-state index contributed by atoms with van der Waals surface area (Å²) in [4.78, 5) is 0. The first-order chi connectivity index (χ1) is 3.41. The second kappa shape index (κ2) is 10.7. The molecule has 0 spiro atoms. The molecular weight excluding hydrogens is 267 g/mol. The molecule has 48 valence electrons. The van der Waals surface area contributed by atoms with Gasteiger partial charge in [-0.15, -0.1) is 0 Å². The summed E-state index contributed by atoms with van der Waals surface area (Å²) in [5.41, 5.74) is 0. The predicted octanol–water partition coefficient (Wildman–Crippen LogP) is 1.56. The Kier molecular flexibility index (Phi) is 15.6. The summed E-state index contributed by atoms with van der Waals surface area (Å²) in [6.07, 6.45) is 4.68. The Morgan fingerprint density at radius 3 is 2.12 bits per heavy atom. The summed E-state index contributed by atoms with van der Waals surface area (Å²) in [5, 5.41) is 8.29. The summed E-state index contributed by atoms with van der Waals surface area (Å²) in [5.74, 6) is 0. The normalized spacial score (nSPS) is 8.25. The Labute approximate surface area is 70.3 Å². The number of aliphatic hydroxyl groups excluding tert-OH is 1. The summed E-state index contributed by atoms with van der Waals surface area (Å²) in [6, 6.07) is 0. The van der Waals surface area contributed by atoms with Crippen LogP contribution in [0.2, 0.25) is 0 Å². The van der Waals surface area contributed by atoms with E-state index < -0.39 is 0 Å². The molecule has 0 saturated heterocycles. The topological polar surface area (TPSA) is 20.2 Å². The standard InChI is InChI=1S/C6H14O.Hf/c1-2-3-4-5-6-7;/h7H,2-6H2,1H3;. The van der Waals surface area contributed by atoms with Gasteiger partial charge in [-0.25, -0.2) is 0 Å². The van der Waals surface area contributed by atoms with Crippen molar-refractivity contribution in [3.8, 4) is 0 Å². The average Bonchev–Trinajstić information content (AvgIpc) is 1.69. The molecule has 0 rings (SSSR count). The van der Waals surface area contributed by atoms with Crippen molar-refractivity contribution in [1.29, 1.82) is 0 Å². The van der Waals surface area contributed by atoms with Crippen molar-refractivity contribution < 1.29 is 30.9 Å². The molecule has 8 heavy (non-hydrogen) atoms. The van der Waals surface area contributed by atoms with E-state index in [0.29, 0.717) is 6.61 Å². The number of aliphatic hydroxyl groups is 1. The molecule has 0 amide bonds. The first-order valence-corrected chi connectivity index (χ1v) is 3.02. The predicted molar refractivity (Wildman–Crippen MR) is 31.2 cm³/mol. The van der Waals surface area contributed by atoms with Gasteiger partial charge in [0, 0.05) is 32.5 Å². The molecule has 0 aromatic carbocycles. The fraction of sp³-hybridized carbons (Fsp3) is 1.00. The van der Waals surface area contributed by atoms with Gasteiger partial charge >= 0.3 is 0 Å². The minimum Gasteiger partial charge on any atom is -0.396 e. The van der Waals surface area contributed by atoms with E-state index in [2.05, 4.69) is 6.92 Å². The number of hydrogen-bond donors (Lipinski definition) is 1. The molecule has 1 N–H and O–H groups in total. The van der Waals surface area contributed by atoms with Gasteiger partial charge in [0.2, 0.25) is 0 Å². The van der Waals surface area contributed by atoms with E-state index in [0.717, 1.165) is 6.42 Å². The molecule has 0 aliphatic carbocycles. The smallest absolute Gasteiger partial charge is 0.0431 e. The zero-order chi connectivity index (χ0) is 5.54. The second-order valence-corrected chi connectivity index (χ2v) is 1.78. The van der Waals surface area contributed by atoms with Gasteiger partial charge in [-0.05, 0) is 6.42 Å². The molecule has 0 saturated carbocycles. The molecule has 0 aliphatic heterocycles. The molecule has 0 atom stereocenters. The zero-order valence-corrected chi connectivity index (χ0v) is 9.08. The van der Waals surface area contributed by atoms with Crippen molar-refractivity contribution in [2.24, 2.45) is 0 Å². The van der Waals surface area contributed by atoms with Gasteiger partial charge in [-0.1, -0.05) is 26.2 Å². The van der Waals surface area contributed by atoms with Gasteiger partial charge in [0.25, 0.3) is 0 Å².